The highest BCUT2D eigenvalue weighted by Crippen LogP contribution is 2.38. The fourth-order valence-corrected chi connectivity index (χ4v) is 3.57. The van der Waals surface area contributed by atoms with Crippen LogP contribution in [0, 0.1) is 6.92 Å². The summed E-state index contributed by atoms with van der Waals surface area (Å²) in [5, 5.41) is 2.61. The SMILES string of the molecule is CCC(C)Sc1ccc(NC(=O)Cc2ccc(C)c(OC)c2)c(C(F)(F)F)c1. The molecule has 152 valence electrons. The molecule has 7 heteroatoms. The van der Waals surface area contributed by atoms with Crippen molar-refractivity contribution in [3.8, 4) is 5.75 Å². The molecule has 1 unspecified atom stereocenters. The fourth-order valence-electron chi connectivity index (χ4n) is 2.61. The van der Waals surface area contributed by atoms with E-state index < -0.39 is 17.6 Å². The number of alkyl halides is 3. The summed E-state index contributed by atoms with van der Waals surface area (Å²) < 4.78 is 45.7. The molecule has 1 N–H and O–H groups in total. The van der Waals surface area contributed by atoms with E-state index in [0.29, 0.717) is 16.2 Å². The number of rotatable bonds is 7. The molecule has 0 aliphatic carbocycles. The molecule has 0 bridgehead atoms. The van der Waals surface area contributed by atoms with Crippen molar-refractivity contribution in [3.05, 3.63) is 53.1 Å². The van der Waals surface area contributed by atoms with E-state index >= 15 is 0 Å². The van der Waals surface area contributed by atoms with E-state index in [1.807, 2.05) is 26.8 Å². The van der Waals surface area contributed by atoms with Gasteiger partial charge in [-0.2, -0.15) is 13.2 Å². The Morgan fingerprint density at radius 3 is 2.54 bits per heavy atom. The van der Waals surface area contributed by atoms with E-state index in [1.165, 1.54) is 24.9 Å². The fraction of sp³-hybridized carbons (Fsp3) is 0.381. The van der Waals surface area contributed by atoms with E-state index in [4.69, 9.17) is 4.74 Å². The highest BCUT2D eigenvalue weighted by Gasteiger charge is 2.34. The second-order valence-electron chi connectivity index (χ2n) is 6.57. The van der Waals surface area contributed by atoms with Crippen molar-refractivity contribution in [1.82, 2.24) is 0 Å². The van der Waals surface area contributed by atoms with Crippen LogP contribution in [0.25, 0.3) is 0 Å². The second-order valence-corrected chi connectivity index (χ2v) is 8.08. The van der Waals surface area contributed by atoms with Crippen LogP contribution >= 0.6 is 11.8 Å². The predicted molar refractivity (Wildman–Crippen MR) is 107 cm³/mol. The molecule has 0 fully saturated rings. The molecule has 1 amide bonds. The number of aryl methyl sites for hydroxylation is 1. The number of carbonyl (C=O) groups excluding carboxylic acids is 1. The van der Waals surface area contributed by atoms with Crippen molar-refractivity contribution < 1.29 is 22.7 Å². The van der Waals surface area contributed by atoms with Crippen molar-refractivity contribution in [2.24, 2.45) is 0 Å². The first kappa shape index (κ1) is 22.1. The zero-order chi connectivity index (χ0) is 20.9. The Hall–Kier alpha value is -2.15. The number of hydrogen-bond donors (Lipinski definition) is 1. The topological polar surface area (TPSA) is 38.3 Å². The van der Waals surface area contributed by atoms with Gasteiger partial charge in [-0.05, 0) is 48.7 Å². The normalized spacial score (nSPS) is 12.5. The Labute approximate surface area is 167 Å². The van der Waals surface area contributed by atoms with Gasteiger partial charge in [0.05, 0.1) is 24.8 Å². The van der Waals surface area contributed by atoms with E-state index in [9.17, 15) is 18.0 Å². The lowest BCUT2D eigenvalue weighted by molar-refractivity contribution is -0.137. The lowest BCUT2D eigenvalue weighted by atomic mass is 10.1. The van der Waals surface area contributed by atoms with Crippen LogP contribution < -0.4 is 10.1 Å². The number of benzene rings is 2. The third kappa shape index (κ3) is 5.92. The molecule has 0 aliphatic heterocycles. The highest BCUT2D eigenvalue weighted by atomic mass is 32.2. The molecule has 2 rings (SSSR count). The summed E-state index contributed by atoms with van der Waals surface area (Å²) in [5.41, 5.74) is 0.513. The first-order valence-electron chi connectivity index (χ1n) is 8.95. The summed E-state index contributed by atoms with van der Waals surface area (Å²) in [4.78, 5) is 12.9. The zero-order valence-corrected chi connectivity index (χ0v) is 17.1. The Balaban J connectivity index is 2.21. The van der Waals surface area contributed by atoms with E-state index in [-0.39, 0.29) is 17.4 Å². The largest absolute Gasteiger partial charge is 0.496 e. The molecule has 0 spiro atoms. The molecular formula is C21H24F3NO2S. The third-order valence-corrected chi connectivity index (χ3v) is 5.58. The summed E-state index contributed by atoms with van der Waals surface area (Å²) in [5.74, 6) is 0.117. The number of carbonyl (C=O) groups is 1. The van der Waals surface area contributed by atoms with Crippen LogP contribution in [-0.4, -0.2) is 18.3 Å². The van der Waals surface area contributed by atoms with Gasteiger partial charge in [-0.15, -0.1) is 11.8 Å². The van der Waals surface area contributed by atoms with Crippen LogP contribution in [-0.2, 0) is 17.4 Å². The first-order valence-corrected chi connectivity index (χ1v) is 9.83. The Morgan fingerprint density at radius 1 is 1.21 bits per heavy atom. The van der Waals surface area contributed by atoms with Gasteiger partial charge in [-0.1, -0.05) is 26.0 Å². The van der Waals surface area contributed by atoms with Gasteiger partial charge in [0.1, 0.15) is 5.75 Å². The second kappa shape index (κ2) is 9.37. The molecule has 3 nitrogen and oxygen atoms in total. The van der Waals surface area contributed by atoms with Crippen LogP contribution in [0.15, 0.2) is 41.3 Å². The lowest BCUT2D eigenvalue weighted by Gasteiger charge is -2.16. The maximum absolute atomic E-state index is 13.5. The molecule has 0 radical (unpaired) electrons. The minimum Gasteiger partial charge on any atom is -0.496 e. The van der Waals surface area contributed by atoms with Crippen molar-refractivity contribution >= 4 is 23.4 Å². The molecule has 0 aliphatic rings. The molecule has 0 heterocycles. The lowest BCUT2D eigenvalue weighted by Crippen LogP contribution is -2.18. The molecule has 0 aromatic heterocycles. The van der Waals surface area contributed by atoms with Crippen molar-refractivity contribution in [3.63, 3.8) is 0 Å². The monoisotopic (exact) mass is 411 g/mol. The van der Waals surface area contributed by atoms with Gasteiger partial charge in [0.25, 0.3) is 0 Å². The minimum absolute atomic E-state index is 0.0443. The molecular weight excluding hydrogens is 387 g/mol. The number of methoxy groups -OCH3 is 1. The molecule has 2 aromatic rings. The highest BCUT2D eigenvalue weighted by molar-refractivity contribution is 7.99. The van der Waals surface area contributed by atoms with Gasteiger partial charge >= 0.3 is 6.18 Å². The van der Waals surface area contributed by atoms with E-state index in [0.717, 1.165) is 18.1 Å². The average Bonchev–Trinajstić information content (AvgIpc) is 2.63. The number of ether oxygens (including phenoxy) is 1. The van der Waals surface area contributed by atoms with E-state index in [2.05, 4.69) is 5.32 Å². The first-order chi connectivity index (χ1) is 13.1. The smallest absolute Gasteiger partial charge is 0.418 e. The van der Waals surface area contributed by atoms with Crippen LogP contribution in [0.2, 0.25) is 0 Å². The number of anilines is 1. The standard InChI is InChI=1S/C21H24F3NO2S/c1-5-14(3)28-16-8-9-18(17(12-16)21(22,23)24)25-20(26)11-15-7-6-13(2)19(10-15)27-4/h6-10,12,14H,5,11H2,1-4H3,(H,25,26). The molecule has 1 atom stereocenters. The van der Waals surface area contributed by atoms with Gasteiger partial charge in [0.15, 0.2) is 0 Å². The zero-order valence-electron chi connectivity index (χ0n) is 16.3. The average molecular weight is 411 g/mol. The van der Waals surface area contributed by atoms with E-state index in [1.54, 1.807) is 18.2 Å². The third-order valence-electron chi connectivity index (χ3n) is 4.32. The summed E-state index contributed by atoms with van der Waals surface area (Å²) >= 11 is 1.38. The maximum Gasteiger partial charge on any atom is 0.418 e. The van der Waals surface area contributed by atoms with Crippen LogP contribution in [0.4, 0.5) is 18.9 Å². The Morgan fingerprint density at radius 2 is 1.93 bits per heavy atom. The number of thioether (sulfide) groups is 1. The van der Waals surface area contributed by atoms with Crippen LogP contribution in [0.1, 0.15) is 37.0 Å². The summed E-state index contributed by atoms with van der Waals surface area (Å²) in [7, 11) is 1.53. The number of nitrogens with one attached hydrogen (secondary N) is 1. The molecule has 0 saturated heterocycles. The van der Waals surface area contributed by atoms with Gasteiger partial charge in [-0.25, -0.2) is 0 Å². The predicted octanol–water partition coefficient (Wildman–Crippen LogP) is 6.09. The van der Waals surface area contributed by atoms with Gasteiger partial charge in [0, 0.05) is 10.1 Å². The van der Waals surface area contributed by atoms with Gasteiger partial charge in [-0.3, -0.25) is 4.79 Å². The Kier molecular flexibility index (Phi) is 7.41. The van der Waals surface area contributed by atoms with Gasteiger partial charge in [0.2, 0.25) is 5.91 Å². The quantitative estimate of drug-likeness (QED) is 0.560. The van der Waals surface area contributed by atoms with Crippen molar-refractivity contribution in [1.29, 1.82) is 0 Å². The maximum atomic E-state index is 13.5. The van der Waals surface area contributed by atoms with Gasteiger partial charge < -0.3 is 10.1 Å². The number of hydrogen-bond acceptors (Lipinski definition) is 3. The summed E-state index contributed by atoms with van der Waals surface area (Å²) in [6.07, 6.45) is -3.75. The Bertz CT molecular complexity index is 837. The molecule has 2 aromatic carbocycles. The van der Waals surface area contributed by atoms with Crippen LogP contribution in [0.5, 0.6) is 5.75 Å². The van der Waals surface area contributed by atoms with Crippen molar-refractivity contribution in [2.45, 2.75) is 49.9 Å². The van der Waals surface area contributed by atoms with Crippen LogP contribution in [0.3, 0.4) is 0 Å². The summed E-state index contributed by atoms with van der Waals surface area (Å²) in [6, 6.07) is 9.31. The number of amides is 1. The van der Waals surface area contributed by atoms with Crippen molar-refractivity contribution in [2.75, 3.05) is 12.4 Å². The minimum atomic E-state index is -4.55. The molecule has 0 saturated carbocycles. The molecule has 28 heavy (non-hydrogen) atoms. The number of halogens is 3. The summed E-state index contributed by atoms with van der Waals surface area (Å²) in [6.45, 7) is 5.82.